The minimum Gasteiger partial charge on any atom is -0.493 e. The molecule has 3 heteroatoms. The standard InChI is InChI=1S/C12H14O3/c1-4-7-15-11-6-5-10(9(2)13)8-12(11)14-3/h4-8H,1-3H3/b7-4-. The molecule has 0 radical (unpaired) electrons. The quantitative estimate of drug-likeness (QED) is 0.561. The number of hydrogen-bond donors (Lipinski definition) is 0. The summed E-state index contributed by atoms with van der Waals surface area (Å²) in [7, 11) is 1.54. The maximum atomic E-state index is 11.1. The molecule has 80 valence electrons. The van der Waals surface area contributed by atoms with Crippen molar-refractivity contribution in [2.75, 3.05) is 7.11 Å². The molecule has 0 aromatic heterocycles. The van der Waals surface area contributed by atoms with Gasteiger partial charge in [-0.2, -0.15) is 0 Å². The van der Waals surface area contributed by atoms with E-state index in [0.29, 0.717) is 17.1 Å². The maximum absolute atomic E-state index is 11.1. The van der Waals surface area contributed by atoms with Gasteiger partial charge in [-0.05, 0) is 32.0 Å². The number of methoxy groups -OCH3 is 1. The largest absolute Gasteiger partial charge is 0.493 e. The van der Waals surface area contributed by atoms with Crippen LogP contribution in [0.1, 0.15) is 24.2 Å². The van der Waals surface area contributed by atoms with Gasteiger partial charge < -0.3 is 9.47 Å². The molecule has 0 aliphatic heterocycles. The van der Waals surface area contributed by atoms with Crippen molar-refractivity contribution in [1.82, 2.24) is 0 Å². The SMILES string of the molecule is C/C=C\Oc1ccc(C(C)=O)cc1OC. The molecule has 0 amide bonds. The first kappa shape index (κ1) is 11.3. The first-order valence-corrected chi connectivity index (χ1v) is 4.66. The molecule has 0 aliphatic carbocycles. The van der Waals surface area contributed by atoms with Crippen molar-refractivity contribution in [3.63, 3.8) is 0 Å². The van der Waals surface area contributed by atoms with Gasteiger partial charge >= 0.3 is 0 Å². The predicted molar refractivity (Wildman–Crippen MR) is 58.4 cm³/mol. The highest BCUT2D eigenvalue weighted by Gasteiger charge is 2.07. The van der Waals surface area contributed by atoms with Crippen molar-refractivity contribution in [2.24, 2.45) is 0 Å². The number of Topliss-reactive ketones (excluding diaryl/α,β-unsaturated/α-hetero) is 1. The molecule has 0 heterocycles. The van der Waals surface area contributed by atoms with E-state index in [-0.39, 0.29) is 5.78 Å². The summed E-state index contributed by atoms with van der Waals surface area (Å²) >= 11 is 0. The monoisotopic (exact) mass is 206 g/mol. The minimum absolute atomic E-state index is 0.00545. The van der Waals surface area contributed by atoms with E-state index in [1.54, 1.807) is 37.6 Å². The summed E-state index contributed by atoms with van der Waals surface area (Å²) in [6, 6.07) is 5.10. The number of rotatable bonds is 4. The van der Waals surface area contributed by atoms with Gasteiger partial charge in [0.15, 0.2) is 17.3 Å². The van der Waals surface area contributed by atoms with Crippen LogP contribution in [0.5, 0.6) is 11.5 Å². The third-order valence-electron chi connectivity index (χ3n) is 1.90. The van der Waals surface area contributed by atoms with Gasteiger partial charge in [0.1, 0.15) is 0 Å². The molecular weight excluding hydrogens is 192 g/mol. The average molecular weight is 206 g/mol. The predicted octanol–water partition coefficient (Wildman–Crippen LogP) is 2.81. The Hall–Kier alpha value is -1.77. The van der Waals surface area contributed by atoms with Crippen molar-refractivity contribution in [2.45, 2.75) is 13.8 Å². The van der Waals surface area contributed by atoms with Crippen molar-refractivity contribution >= 4 is 5.78 Å². The van der Waals surface area contributed by atoms with E-state index < -0.39 is 0 Å². The fourth-order valence-corrected chi connectivity index (χ4v) is 1.13. The van der Waals surface area contributed by atoms with E-state index in [1.807, 2.05) is 6.92 Å². The normalized spacial score (nSPS) is 10.3. The van der Waals surface area contributed by atoms with Crippen molar-refractivity contribution in [1.29, 1.82) is 0 Å². The lowest BCUT2D eigenvalue weighted by Crippen LogP contribution is -1.95. The Labute approximate surface area is 89.3 Å². The second kappa shape index (κ2) is 5.20. The fourth-order valence-electron chi connectivity index (χ4n) is 1.13. The Morgan fingerprint density at radius 1 is 1.33 bits per heavy atom. The summed E-state index contributed by atoms with van der Waals surface area (Å²) in [5.41, 5.74) is 0.611. The van der Waals surface area contributed by atoms with E-state index >= 15 is 0 Å². The lowest BCUT2D eigenvalue weighted by atomic mass is 10.1. The van der Waals surface area contributed by atoms with Gasteiger partial charge in [0.05, 0.1) is 13.4 Å². The van der Waals surface area contributed by atoms with Crippen LogP contribution in [0.3, 0.4) is 0 Å². The molecule has 0 aliphatic rings. The molecule has 0 unspecified atom stereocenters. The Morgan fingerprint density at radius 2 is 2.07 bits per heavy atom. The summed E-state index contributed by atoms with van der Waals surface area (Å²) in [5, 5.41) is 0. The van der Waals surface area contributed by atoms with Crippen LogP contribution in [0.15, 0.2) is 30.5 Å². The van der Waals surface area contributed by atoms with Crippen LogP contribution in [0.2, 0.25) is 0 Å². The molecule has 0 fully saturated rings. The molecule has 1 aromatic rings. The van der Waals surface area contributed by atoms with Gasteiger partial charge in [0.25, 0.3) is 0 Å². The number of carbonyl (C=O) groups excluding carboxylic acids is 1. The van der Waals surface area contributed by atoms with Gasteiger partial charge in [0.2, 0.25) is 0 Å². The second-order valence-corrected chi connectivity index (χ2v) is 3.01. The van der Waals surface area contributed by atoms with E-state index in [4.69, 9.17) is 9.47 Å². The molecule has 0 N–H and O–H groups in total. The van der Waals surface area contributed by atoms with Crippen LogP contribution >= 0.6 is 0 Å². The van der Waals surface area contributed by atoms with Gasteiger partial charge in [-0.1, -0.05) is 6.08 Å². The lowest BCUT2D eigenvalue weighted by Gasteiger charge is -2.08. The molecule has 0 bridgehead atoms. The van der Waals surface area contributed by atoms with Gasteiger partial charge in [-0.15, -0.1) is 0 Å². The number of benzene rings is 1. The number of carbonyl (C=O) groups is 1. The molecule has 3 nitrogen and oxygen atoms in total. The number of hydrogen-bond acceptors (Lipinski definition) is 3. The van der Waals surface area contributed by atoms with Crippen LogP contribution in [0, 0.1) is 0 Å². The highest BCUT2D eigenvalue weighted by molar-refractivity contribution is 5.94. The highest BCUT2D eigenvalue weighted by atomic mass is 16.5. The van der Waals surface area contributed by atoms with Gasteiger partial charge in [0, 0.05) is 5.56 Å². The van der Waals surface area contributed by atoms with E-state index in [1.165, 1.54) is 6.92 Å². The van der Waals surface area contributed by atoms with Crippen molar-refractivity contribution in [3.8, 4) is 11.5 Å². The zero-order valence-corrected chi connectivity index (χ0v) is 9.11. The van der Waals surface area contributed by atoms with E-state index in [0.717, 1.165) is 0 Å². The first-order valence-electron chi connectivity index (χ1n) is 4.66. The molecular formula is C12H14O3. The molecule has 0 spiro atoms. The zero-order chi connectivity index (χ0) is 11.3. The Morgan fingerprint density at radius 3 is 2.60 bits per heavy atom. The molecule has 15 heavy (non-hydrogen) atoms. The van der Waals surface area contributed by atoms with Crippen LogP contribution in [-0.4, -0.2) is 12.9 Å². The Bertz CT molecular complexity index is 380. The number of allylic oxidation sites excluding steroid dienone is 1. The minimum atomic E-state index is 0.00545. The second-order valence-electron chi connectivity index (χ2n) is 3.01. The fraction of sp³-hybridized carbons (Fsp3) is 0.250. The number of ether oxygens (including phenoxy) is 2. The third kappa shape index (κ3) is 2.84. The smallest absolute Gasteiger partial charge is 0.168 e. The van der Waals surface area contributed by atoms with Crippen molar-refractivity contribution < 1.29 is 14.3 Å². The zero-order valence-electron chi connectivity index (χ0n) is 9.11. The lowest BCUT2D eigenvalue weighted by molar-refractivity contribution is 0.101. The molecule has 0 saturated heterocycles. The molecule has 0 atom stereocenters. The summed E-state index contributed by atoms with van der Waals surface area (Å²) in [4.78, 5) is 11.1. The average Bonchev–Trinajstić information content (AvgIpc) is 2.25. The molecule has 1 aromatic carbocycles. The van der Waals surface area contributed by atoms with E-state index in [9.17, 15) is 4.79 Å². The Balaban J connectivity index is 3.03. The van der Waals surface area contributed by atoms with E-state index in [2.05, 4.69) is 0 Å². The van der Waals surface area contributed by atoms with Crippen LogP contribution in [-0.2, 0) is 0 Å². The number of ketones is 1. The first-order chi connectivity index (χ1) is 7.19. The van der Waals surface area contributed by atoms with Gasteiger partial charge in [-0.25, -0.2) is 0 Å². The summed E-state index contributed by atoms with van der Waals surface area (Å²) in [6.07, 6.45) is 3.34. The third-order valence-corrected chi connectivity index (χ3v) is 1.90. The maximum Gasteiger partial charge on any atom is 0.168 e. The highest BCUT2D eigenvalue weighted by Crippen LogP contribution is 2.28. The topological polar surface area (TPSA) is 35.5 Å². The van der Waals surface area contributed by atoms with Crippen LogP contribution in [0.25, 0.3) is 0 Å². The van der Waals surface area contributed by atoms with Crippen LogP contribution < -0.4 is 9.47 Å². The molecule has 0 saturated carbocycles. The summed E-state index contributed by atoms with van der Waals surface area (Å²) in [6.45, 7) is 3.37. The molecule has 1 rings (SSSR count). The Kier molecular flexibility index (Phi) is 3.92. The summed E-state index contributed by atoms with van der Waals surface area (Å²) in [5.74, 6) is 1.16. The van der Waals surface area contributed by atoms with Crippen molar-refractivity contribution in [3.05, 3.63) is 36.1 Å². The van der Waals surface area contributed by atoms with Gasteiger partial charge in [-0.3, -0.25) is 4.79 Å². The summed E-state index contributed by atoms with van der Waals surface area (Å²) < 4.78 is 10.4. The van der Waals surface area contributed by atoms with Crippen LogP contribution in [0.4, 0.5) is 0 Å².